The lowest BCUT2D eigenvalue weighted by molar-refractivity contribution is 0.171. The van der Waals surface area contributed by atoms with Crippen molar-refractivity contribution >= 4 is 17.5 Å². The third-order valence-electron chi connectivity index (χ3n) is 6.40. The van der Waals surface area contributed by atoms with E-state index in [0.29, 0.717) is 19.7 Å². The molecule has 186 valence electrons. The lowest BCUT2D eigenvalue weighted by atomic mass is 10.2. The van der Waals surface area contributed by atoms with Crippen LogP contribution >= 0.6 is 0 Å². The summed E-state index contributed by atoms with van der Waals surface area (Å²) in [6.07, 6.45) is 0.758. The molecule has 1 fully saturated rings. The molecule has 1 saturated heterocycles. The molecule has 3 aromatic rings. The van der Waals surface area contributed by atoms with Crippen LogP contribution in [0.1, 0.15) is 17.7 Å². The number of anilines is 2. The Bertz CT molecular complexity index is 1080. The van der Waals surface area contributed by atoms with E-state index in [-0.39, 0.29) is 6.03 Å². The van der Waals surface area contributed by atoms with E-state index in [1.165, 1.54) is 0 Å². The number of ether oxygens (including phenoxy) is 1. The summed E-state index contributed by atoms with van der Waals surface area (Å²) in [6.45, 7) is 7.52. The summed E-state index contributed by atoms with van der Waals surface area (Å²) in [6, 6.07) is 19.7. The second kappa shape index (κ2) is 11.9. The third kappa shape index (κ3) is 6.21. The molecule has 8 nitrogen and oxygen atoms in total. The molecule has 0 spiro atoms. The van der Waals surface area contributed by atoms with Crippen LogP contribution in [0.4, 0.5) is 16.3 Å². The predicted molar refractivity (Wildman–Crippen MR) is 140 cm³/mol. The number of para-hydroxylation sites is 2. The van der Waals surface area contributed by atoms with E-state index in [1.807, 2.05) is 65.0 Å². The topological polar surface area (TPSA) is 65.9 Å². The van der Waals surface area contributed by atoms with E-state index < -0.39 is 0 Å². The second-order valence-corrected chi connectivity index (χ2v) is 8.99. The molecule has 4 rings (SSSR count). The summed E-state index contributed by atoms with van der Waals surface area (Å²) >= 11 is 0. The molecule has 2 heterocycles. The van der Waals surface area contributed by atoms with Gasteiger partial charge in [0.25, 0.3) is 0 Å². The van der Waals surface area contributed by atoms with Gasteiger partial charge >= 0.3 is 6.03 Å². The summed E-state index contributed by atoms with van der Waals surface area (Å²) in [5, 5.41) is 8.00. The number of likely N-dealkylation sites (N-methyl/N-ethyl adjacent to an activating group) is 1. The van der Waals surface area contributed by atoms with Crippen molar-refractivity contribution in [2.24, 2.45) is 0 Å². The Labute approximate surface area is 208 Å². The highest BCUT2D eigenvalue weighted by molar-refractivity contribution is 5.89. The number of methoxy groups -OCH3 is 1. The van der Waals surface area contributed by atoms with E-state index in [4.69, 9.17) is 9.84 Å². The minimum atomic E-state index is -0.122. The minimum Gasteiger partial charge on any atom is -0.385 e. The first-order valence-corrected chi connectivity index (χ1v) is 12.2. The molecule has 0 unspecified atom stereocenters. The SMILES string of the molecule is COCCCN(Cc1c(C)nn(-c2ccccc2)c1N1CCN(C)CC1)C(=O)Nc1ccccc1. The van der Waals surface area contributed by atoms with E-state index in [0.717, 1.165) is 61.0 Å². The number of benzene rings is 2. The number of nitrogens with zero attached hydrogens (tertiary/aromatic N) is 5. The first kappa shape index (κ1) is 24.8. The van der Waals surface area contributed by atoms with Crippen molar-refractivity contribution in [1.29, 1.82) is 0 Å². The van der Waals surface area contributed by atoms with Gasteiger partial charge in [-0.15, -0.1) is 0 Å². The fourth-order valence-electron chi connectivity index (χ4n) is 4.39. The Hall–Kier alpha value is -3.36. The maximum Gasteiger partial charge on any atom is 0.322 e. The molecule has 35 heavy (non-hydrogen) atoms. The molecule has 2 aromatic carbocycles. The van der Waals surface area contributed by atoms with E-state index in [2.05, 4.69) is 34.3 Å². The number of nitrogens with one attached hydrogen (secondary N) is 1. The summed E-state index contributed by atoms with van der Waals surface area (Å²) in [4.78, 5) is 20.0. The highest BCUT2D eigenvalue weighted by Crippen LogP contribution is 2.30. The van der Waals surface area contributed by atoms with Crippen molar-refractivity contribution < 1.29 is 9.53 Å². The number of hydrogen-bond acceptors (Lipinski definition) is 5. The Balaban J connectivity index is 1.67. The molecule has 0 bridgehead atoms. The maximum atomic E-state index is 13.4. The summed E-state index contributed by atoms with van der Waals surface area (Å²) in [5.74, 6) is 1.08. The van der Waals surface area contributed by atoms with Gasteiger partial charge in [0, 0.05) is 57.7 Å². The molecule has 0 saturated carbocycles. The smallest absolute Gasteiger partial charge is 0.322 e. The molecule has 8 heteroatoms. The van der Waals surface area contributed by atoms with Crippen LogP contribution in [0.3, 0.4) is 0 Å². The zero-order chi connectivity index (χ0) is 24.6. The molecule has 1 aliphatic rings. The average Bonchev–Trinajstić information content (AvgIpc) is 3.21. The van der Waals surface area contributed by atoms with Gasteiger partial charge in [0.2, 0.25) is 0 Å². The van der Waals surface area contributed by atoms with Crippen molar-refractivity contribution in [1.82, 2.24) is 19.6 Å². The number of rotatable bonds is 9. The van der Waals surface area contributed by atoms with Crippen molar-refractivity contribution in [2.45, 2.75) is 19.9 Å². The predicted octanol–water partition coefficient (Wildman–Crippen LogP) is 4.00. The van der Waals surface area contributed by atoms with Crippen LogP contribution in [0.15, 0.2) is 60.7 Å². The number of piperazine rings is 1. The first-order chi connectivity index (χ1) is 17.1. The van der Waals surface area contributed by atoms with Gasteiger partial charge in [0.1, 0.15) is 5.82 Å². The van der Waals surface area contributed by atoms with Crippen LogP contribution in [-0.2, 0) is 11.3 Å². The quantitative estimate of drug-likeness (QED) is 0.473. The Morgan fingerprint density at radius 3 is 2.34 bits per heavy atom. The van der Waals surface area contributed by atoms with Crippen molar-refractivity contribution in [3.8, 4) is 5.69 Å². The van der Waals surface area contributed by atoms with Crippen LogP contribution in [0.2, 0.25) is 0 Å². The lowest BCUT2D eigenvalue weighted by Crippen LogP contribution is -2.45. The molecular formula is C27H36N6O2. The largest absolute Gasteiger partial charge is 0.385 e. The normalized spacial score (nSPS) is 14.2. The number of aryl methyl sites for hydroxylation is 1. The van der Waals surface area contributed by atoms with Gasteiger partial charge in [-0.2, -0.15) is 5.10 Å². The Morgan fingerprint density at radius 2 is 1.69 bits per heavy atom. The molecule has 0 aliphatic carbocycles. The summed E-state index contributed by atoms with van der Waals surface area (Å²) < 4.78 is 7.31. The third-order valence-corrected chi connectivity index (χ3v) is 6.40. The summed E-state index contributed by atoms with van der Waals surface area (Å²) in [7, 11) is 3.84. The van der Waals surface area contributed by atoms with Crippen LogP contribution in [0, 0.1) is 6.92 Å². The van der Waals surface area contributed by atoms with Crippen molar-refractivity contribution in [3.63, 3.8) is 0 Å². The highest BCUT2D eigenvalue weighted by Gasteiger charge is 2.27. The monoisotopic (exact) mass is 476 g/mol. The Kier molecular flexibility index (Phi) is 8.39. The van der Waals surface area contributed by atoms with Crippen molar-refractivity contribution in [3.05, 3.63) is 71.9 Å². The van der Waals surface area contributed by atoms with Gasteiger partial charge in [-0.25, -0.2) is 9.48 Å². The fourth-order valence-corrected chi connectivity index (χ4v) is 4.39. The summed E-state index contributed by atoms with van der Waals surface area (Å²) in [5.41, 5.74) is 3.83. The van der Waals surface area contributed by atoms with Gasteiger partial charge < -0.3 is 24.8 Å². The molecular weight excluding hydrogens is 440 g/mol. The van der Waals surface area contributed by atoms with Crippen molar-refractivity contribution in [2.75, 3.05) is 63.7 Å². The van der Waals surface area contributed by atoms with Gasteiger partial charge in [-0.1, -0.05) is 36.4 Å². The van der Waals surface area contributed by atoms with Gasteiger partial charge in [-0.3, -0.25) is 0 Å². The standard InChI is InChI=1S/C27H36N6O2/c1-22-25(21-32(15-10-20-35-3)27(34)28-23-11-6-4-7-12-23)26(31-18-16-30(2)17-19-31)33(29-22)24-13-8-5-9-14-24/h4-9,11-14H,10,15-21H2,1-3H3,(H,28,34). The molecule has 2 amide bonds. The number of carbonyl (C=O) groups is 1. The van der Waals surface area contributed by atoms with Crippen LogP contribution in [0.25, 0.3) is 5.69 Å². The number of urea groups is 1. The minimum absolute atomic E-state index is 0.122. The maximum absolute atomic E-state index is 13.4. The zero-order valence-electron chi connectivity index (χ0n) is 21.0. The molecule has 0 radical (unpaired) electrons. The first-order valence-electron chi connectivity index (χ1n) is 12.2. The Morgan fingerprint density at radius 1 is 1.03 bits per heavy atom. The fraction of sp³-hybridized carbons (Fsp3) is 0.407. The molecule has 1 aliphatic heterocycles. The lowest BCUT2D eigenvalue weighted by Gasteiger charge is -2.35. The zero-order valence-corrected chi connectivity index (χ0v) is 21.0. The molecule has 0 atom stereocenters. The van der Waals surface area contributed by atoms with Crippen LogP contribution in [0.5, 0.6) is 0 Å². The van der Waals surface area contributed by atoms with E-state index in [1.54, 1.807) is 7.11 Å². The highest BCUT2D eigenvalue weighted by atomic mass is 16.5. The molecule has 1 aromatic heterocycles. The number of hydrogen-bond donors (Lipinski definition) is 1. The van der Waals surface area contributed by atoms with Gasteiger partial charge in [0.05, 0.1) is 17.9 Å². The second-order valence-electron chi connectivity index (χ2n) is 8.99. The van der Waals surface area contributed by atoms with E-state index in [9.17, 15) is 4.79 Å². The van der Waals surface area contributed by atoms with E-state index >= 15 is 0 Å². The number of aromatic nitrogens is 2. The average molecular weight is 477 g/mol. The number of carbonyl (C=O) groups excluding carboxylic acids is 1. The number of amides is 2. The molecule has 1 N–H and O–H groups in total. The van der Waals surface area contributed by atoms with Crippen LogP contribution < -0.4 is 10.2 Å². The van der Waals surface area contributed by atoms with Gasteiger partial charge in [-0.05, 0) is 44.7 Å². The van der Waals surface area contributed by atoms with Gasteiger partial charge in [0.15, 0.2) is 0 Å². The van der Waals surface area contributed by atoms with Crippen LogP contribution in [-0.4, -0.2) is 79.1 Å².